The number of fused-ring (bicyclic) bond motifs is 1. The Hall–Kier alpha value is -1.89. The second kappa shape index (κ2) is 5.48. The van der Waals surface area contributed by atoms with Crippen molar-refractivity contribution in [3.8, 4) is 0 Å². The summed E-state index contributed by atoms with van der Waals surface area (Å²) in [5.41, 5.74) is 5.79. The highest BCUT2D eigenvalue weighted by Crippen LogP contribution is 2.31. The topological polar surface area (TPSA) is 84.1 Å². The smallest absolute Gasteiger partial charge is 0.239 e. The number of aryl methyl sites for hydroxylation is 1. The molecule has 2 heterocycles. The van der Waals surface area contributed by atoms with Crippen molar-refractivity contribution in [1.29, 1.82) is 0 Å². The number of rotatable bonds is 5. The van der Waals surface area contributed by atoms with Gasteiger partial charge >= 0.3 is 0 Å². The lowest BCUT2D eigenvalue weighted by Crippen LogP contribution is -2.36. The summed E-state index contributed by atoms with van der Waals surface area (Å²) >= 11 is 1.62. The second-order valence-electron chi connectivity index (χ2n) is 5.39. The molecule has 1 aliphatic carbocycles. The van der Waals surface area contributed by atoms with Gasteiger partial charge in [-0.1, -0.05) is 6.92 Å². The summed E-state index contributed by atoms with van der Waals surface area (Å²) in [5.74, 6) is 0.993. The number of aromatic nitrogens is 2. The Balaban J connectivity index is 1.86. The van der Waals surface area contributed by atoms with E-state index in [-0.39, 0.29) is 18.4 Å². The number of amides is 1. The Labute approximate surface area is 127 Å². The lowest BCUT2D eigenvalue weighted by Gasteiger charge is -2.18. The molecular weight excluding hydrogens is 286 g/mol. The van der Waals surface area contributed by atoms with Crippen molar-refractivity contribution in [2.75, 3.05) is 24.2 Å². The fraction of sp³-hybridized carbons (Fsp3) is 0.500. The van der Waals surface area contributed by atoms with Gasteiger partial charge < -0.3 is 16.0 Å². The molecule has 0 radical (unpaired) electrons. The largest absolute Gasteiger partial charge is 0.368 e. The minimum atomic E-state index is 0.0243. The fourth-order valence-corrected chi connectivity index (χ4v) is 3.20. The van der Waals surface area contributed by atoms with Gasteiger partial charge in [0, 0.05) is 18.0 Å². The summed E-state index contributed by atoms with van der Waals surface area (Å²) in [7, 11) is 1.86. The minimum absolute atomic E-state index is 0.0243. The molecule has 0 unspecified atom stereocenters. The lowest BCUT2D eigenvalue weighted by molar-refractivity contribution is -0.119. The molecule has 2 aromatic heterocycles. The molecule has 3 N–H and O–H groups in total. The molecule has 1 fully saturated rings. The molecule has 0 aromatic carbocycles. The Morgan fingerprint density at radius 2 is 2.29 bits per heavy atom. The van der Waals surface area contributed by atoms with E-state index < -0.39 is 0 Å². The molecule has 7 heteroatoms. The zero-order valence-electron chi connectivity index (χ0n) is 12.2. The van der Waals surface area contributed by atoms with Crippen LogP contribution in [0.2, 0.25) is 0 Å². The Bertz CT molecular complexity index is 679. The molecule has 2 aromatic rings. The van der Waals surface area contributed by atoms with Crippen molar-refractivity contribution in [3.63, 3.8) is 0 Å². The van der Waals surface area contributed by atoms with Gasteiger partial charge in [0.2, 0.25) is 11.9 Å². The number of hydrogen-bond acceptors (Lipinski definition) is 6. The van der Waals surface area contributed by atoms with Crippen LogP contribution in [0.15, 0.2) is 6.07 Å². The van der Waals surface area contributed by atoms with E-state index in [0.717, 1.165) is 35.3 Å². The van der Waals surface area contributed by atoms with Crippen LogP contribution in [0, 0.1) is 0 Å². The van der Waals surface area contributed by atoms with E-state index in [1.165, 1.54) is 4.88 Å². The van der Waals surface area contributed by atoms with Crippen molar-refractivity contribution in [2.45, 2.75) is 32.2 Å². The highest BCUT2D eigenvalue weighted by atomic mass is 32.1. The van der Waals surface area contributed by atoms with Crippen molar-refractivity contribution in [3.05, 3.63) is 10.9 Å². The highest BCUT2D eigenvalue weighted by molar-refractivity contribution is 7.18. The van der Waals surface area contributed by atoms with Crippen LogP contribution >= 0.6 is 11.3 Å². The number of anilines is 2. The maximum Gasteiger partial charge on any atom is 0.239 e. The first-order valence-electron chi connectivity index (χ1n) is 7.13. The van der Waals surface area contributed by atoms with Gasteiger partial charge in [0.15, 0.2) is 0 Å². The molecular formula is C14H19N5OS. The van der Waals surface area contributed by atoms with Crippen molar-refractivity contribution < 1.29 is 4.79 Å². The van der Waals surface area contributed by atoms with Gasteiger partial charge in [0.1, 0.15) is 10.6 Å². The number of hydrogen-bond donors (Lipinski definition) is 2. The third kappa shape index (κ3) is 3.07. The molecule has 0 aliphatic heterocycles. The van der Waals surface area contributed by atoms with Gasteiger partial charge in [-0.2, -0.15) is 4.98 Å². The third-order valence-corrected chi connectivity index (χ3v) is 4.65. The maximum absolute atomic E-state index is 11.9. The van der Waals surface area contributed by atoms with Crippen LogP contribution in [0.25, 0.3) is 10.2 Å². The fourth-order valence-electron chi connectivity index (χ4n) is 2.23. The first-order chi connectivity index (χ1) is 10.1. The van der Waals surface area contributed by atoms with Crippen molar-refractivity contribution >= 4 is 39.2 Å². The van der Waals surface area contributed by atoms with E-state index >= 15 is 0 Å². The van der Waals surface area contributed by atoms with E-state index in [4.69, 9.17) is 5.73 Å². The van der Waals surface area contributed by atoms with Crippen LogP contribution < -0.4 is 16.0 Å². The molecule has 0 bridgehead atoms. The van der Waals surface area contributed by atoms with E-state index in [0.29, 0.717) is 6.04 Å². The summed E-state index contributed by atoms with van der Waals surface area (Å²) in [6, 6.07) is 2.46. The number of nitrogens with zero attached hydrogens (tertiary/aromatic N) is 3. The molecule has 1 aliphatic rings. The quantitative estimate of drug-likeness (QED) is 0.875. The van der Waals surface area contributed by atoms with E-state index in [1.54, 1.807) is 11.3 Å². The van der Waals surface area contributed by atoms with Gasteiger partial charge in [-0.05, 0) is 25.3 Å². The van der Waals surface area contributed by atoms with E-state index in [2.05, 4.69) is 28.3 Å². The molecule has 112 valence electrons. The Kier molecular flexibility index (Phi) is 3.67. The normalized spacial score (nSPS) is 14.4. The zero-order valence-corrected chi connectivity index (χ0v) is 13.0. The number of thiophene rings is 1. The molecule has 0 saturated heterocycles. The third-order valence-electron chi connectivity index (χ3n) is 3.47. The van der Waals surface area contributed by atoms with Gasteiger partial charge in [0.25, 0.3) is 0 Å². The monoisotopic (exact) mass is 305 g/mol. The van der Waals surface area contributed by atoms with Crippen LogP contribution in [-0.2, 0) is 11.2 Å². The van der Waals surface area contributed by atoms with E-state index in [9.17, 15) is 4.79 Å². The van der Waals surface area contributed by atoms with E-state index in [1.807, 2.05) is 11.9 Å². The number of carbonyl (C=O) groups is 1. The van der Waals surface area contributed by atoms with Crippen LogP contribution in [0.1, 0.15) is 24.6 Å². The standard InChI is InChI=1S/C14H19N5OS/c1-3-9-6-10-12(17-14(15)18-13(10)21-9)19(2)7-11(20)16-8-4-5-8/h6,8H,3-5,7H2,1-2H3,(H,16,20)(H2,15,17,18). The number of nitrogen functional groups attached to an aromatic ring is 1. The maximum atomic E-state index is 11.9. The molecule has 6 nitrogen and oxygen atoms in total. The van der Waals surface area contributed by atoms with Crippen LogP contribution in [-0.4, -0.2) is 35.5 Å². The predicted molar refractivity (Wildman–Crippen MR) is 85.6 cm³/mol. The van der Waals surface area contributed by atoms with Crippen molar-refractivity contribution in [2.24, 2.45) is 0 Å². The lowest BCUT2D eigenvalue weighted by atomic mass is 10.3. The average molecular weight is 305 g/mol. The number of nitrogens with one attached hydrogen (secondary N) is 1. The van der Waals surface area contributed by atoms with Gasteiger partial charge in [0.05, 0.1) is 11.9 Å². The molecule has 21 heavy (non-hydrogen) atoms. The zero-order chi connectivity index (χ0) is 15.0. The number of carbonyl (C=O) groups excluding carboxylic acids is 1. The van der Waals surface area contributed by atoms with Gasteiger partial charge in [-0.15, -0.1) is 11.3 Å². The SMILES string of the molecule is CCc1cc2c(N(C)CC(=O)NC3CC3)nc(N)nc2s1. The van der Waals surface area contributed by atoms with Crippen LogP contribution in [0.5, 0.6) is 0 Å². The number of likely N-dealkylation sites (N-methyl/N-ethyl adjacent to an activating group) is 1. The molecule has 1 saturated carbocycles. The summed E-state index contributed by atoms with van der Waals surface area (Å²) in [6.07, 6.45) is 3.13. The minimum Gasteiger partial charge on any atom is -0.368 e. The average Bonchev–Trinajstić information content (AvgIpc) is 3.14. The Morgan fingerprint density at radius 3 is 2.95 bits per heavy atom. The van der Waals surface area contributed by atoms with Gasteiger partial charge in [-0.25, -0.2) is 4.98 Å². The summed E-state index contributed by atoms with van der Waals surface area (Å²) in [4.78, 5) is 24.5. The Morgan fingerprint density at radius 1 is 1.52 bits per heavy atom. The summed E-state index contributed by atoms with van der Waals surface area (Å²) in [5, 5.41) is 3.95. The summed E-state index contributed by atoms with van der Waals surface area (Å²) in [6.45, 7) is 2.38. The first kappa shape index (κ1) is 14.1. The van der Waals surface area contributed by atoms with Gasteiger partial charge in [-0.3, -0.25) is 4.79 Å². The predicted octanol–water partition coefficient (Wildman–Crippen LogP) is 1.55. The van der Waals surface area contributed by atoms with Crippen LogP contribution in [0.3, 0.4) is 0 Å². The summed E-state index contributed by atoms with van der Waals surface area (Å²) < 4.78 is 0. The molecule has 0 spiro atoms. The molecule has 3 rings (SSSR count). The molecule has 0 atom stereocenters. The number of nitrogens with two attached hydrogens (primary N) is 1. The second-order valence-corrected chi connectivity index (χ2v) is 6.50. The molecule has 1 amide bonds. The first-order valence-corrected chi connectivity index (χ1v) is 7.95. The highest BCUT2D eigenvalue weighted by Gasteiger charge is 2.24. The van der Waals surface area contributed by atoms with Crippen molar-refractivity contribution in [1.82, 2.24) is 15.3 Å². The van der Waals surface area contributed by atoms with Crippen LogP contribution in [0.4, 0.5) is 11.8 Å².